The van der Waals surface area contributed by atoms with Gasteiger partial charge in [0.05, 0.1) is 0 Å². The van der Waals surface area contributed by atoms with Gasteiger partial charge < -0.3 is 14.0 Å². The molecule has 0 saturated heterocycles. The molecule has 2 rings (SSSR count). The molecule has 1 heterocycles. The van der Waals surface area contributed by atoms with Crippen molar-refractivity contribution in [2.45, 2.75) is 26.6 Å². The van der Waals surface area contributed by atoms with Crippen LogP contribution in [-0.2, 0) is 11.3 Å². The number of hydrogen-bond donors (Lipinski definition) is 0. The minimum atomic E-state index is -0.309. The van der Waals surface area contributed by atoms with E-state index in [0.717, 1.165) is 0 Å². The monoisotopic (exact) mass is 266 g/mol. The summed E-state index contributed by atoms with van der Waals surface area (Å²) in [7, 11) is 1.56. The van der Waals surface area contributed by atoms with Crippen LogP contribution in [-0.4, -0.2) is 17.3 Å². The second kappa shape index (κ2) is 5.79. The summed E-state index contributed by atoms with van der Waals surface area (Å²) in [5.74, 6) is 0.885. The van der Waals surface area contributed by atoms with E-state index in [1.807, 2.05) is 6.92 Å². The molecule has 0 aliphatic carbocycles. The van der Waals surface area contributed by atoms with Crippen LogP contribution in [0.5, 0.6) is 5.75 Å². The van der Waals surface area contributed by atoms with E-state index in [-0.39, 0.29) is 18.5 Å². The first-order valence-electron chi connectivity index (χ1n) is 5.84. The van der Waals surface area contributed by atoms with Crippen molar-refractivity contribution in [1.82, 2.24) is 10.1 Å². The van der Waals surface area contributed by atoms with Gasteiger partial charge in [-0.2, -0.15) is 4.98 Å². The van der Waals surface area contributed by atoms with Gasteiger partial charge in [-0.3, -0.25) is 0 Å². The van der Waals surface area contributed by atoms with E-state index in [0.29, 0.717) is 23.0 Å². The van der Waals surface area contributed by atoms with Gasteiger partial charge in [-0.1, -0.05) is 11.2 Å². The largest absolute Gasteiger partial charge is 0.484 e. The summed E-state index contributed by atoms with van der Waals surface area (Å²) in [5.41, 5.74) is 0.571. The molecule has 0 spiro atoms. The van der Waals surface area contributed by atoms with Crippen LogP contribution in [0, 0.1) is 12.7 Å². The average molecular weight is 266 g/mol. The smallest absolute Gasteiger partial charge is 0.264 e. The molecule has 102 valence electrons. The normalized spacial score (nSPS) is 12.4. The molecule has 1 aromatic carbocycles. The molecule has 2 aromatic rings. The summed E-state index contributed by atoms with van der Waals surface area (Å²) in [5, 5.41) is 3.77. The molecule has 0 aliphatic heterocycles. The second-order valence-corrected chi connectivity index (χ2v) is 4.12. The summed E-state index contributed by atoms with van der Waals surface area (Å²) < 4.78 is 28.8. The molecule has 0 aliphatic rings. The van der Waals surface area contributed by atoms with Crippen LogP contribution < -0.4 is 4.74 Å². The number of rotatable bonds is 5. The highest BCUT2D eigenvalue weighted by atomic mass is 19.1. The fourth-order valence-corrected chi connectivity index (χ4v) is 1.41. The Balaban J connectivity index is 1.98. The van der Waals surface area contributed by atoms with Gasteiger partial charge in [-0.05, 0) is 25.5 Å². The molecular formula is C13H15FN2O3. The Bertz CT molecular complexity index is 557. The fourth-order valence-electron chi connectivity index (χ4n) is 1.41. The molecule has 0 amide bonds. The third kappa shape index (κ3) is 3.29. The van der Waals surface area contributed by atoms with Crippen molar-refractivity contribution in [3.63, 3.8) is 0 Å². The number of halogens is 1. The maximum atomic E-state index is 13.3. The maximum Gasteiger partial charge on any atom is 0.264 e. The maximum absolute atomic E-state index is 13.3. The predicted octanol–water partition coefficient (Wildman–Crippen LogP) is 2.80. The first-order valence-corrected chi connectivity index (χ1v) is 5.84. The fraction of sp³-hybridized carbons (Fsp3) is 0.385. The number of ether oxygens (including phenoxy) is 2. The van der Waals surface area contributed by atoms with E-state index in [2.05, 4.69) is 10.1 Å². The molecule has 5 nitrogen and oxygen atoms in total. The second-order valence-electron chi connectivity index (χ2n) is 4.12. The van der Waals surface area contributed by atoms with Crippen LogP contribution in [0.15, 0.2) is 22.7 Å². The zero-order valence-electron chi connectivity index (χ0n) is 11.0. The van der Waals surface area contributed by atoms with Crippen LogP contribution in [0.25, 0.3) is 0 Å². The third-order valence-electron chi connectivity index (χ3n) is 2.71. The van der Waals surface area contributed by atoms with Crippen molar-refractivity contribution in [2.24, 2.45) is 0 Å². The van der Waals surface area contributed by atoms with Crippen molar-refractivity contribution in [3.05, 3.63) is 41.3 Å². The summed E-state index contributed by atoms with van der Waals surface area (Å²) >= 11 is 0. The molecule has 6 heteroatoms. The minimum Gasteiger partial charge on any atom is -0.484 e. The molecule has 19 heavy (non-hydrogen) atoms. The van der Waals surface area contributed by atoms with Crippen LogP contribution >= 0.6 is 0 Å². The Morgan fingerprint density at radius 3 is 2.89 bits per heavy atom. The van der Waals surface area contributed by atoms with Gasteiger partial charge in [0.25, 0.3) is 5.89 Å². The topological polar surface area (TPSA) is 57.4 Å². The molecule has 0 bridgehead atoms. The quantitative estimate of drug-likeness (QED) is 0.832. The van der Waals surface area contributed by atoms with E-state index in [1.54, 1.807) is 26.2 Å². The average Bonchev–Trinajstić information content (AvgIpc) is 2.88. The lowest BCUT2D eigenvalue weighted by Crippen LogP contribution is -2.00. The Morgan fingerprint density at radius 2 is 2.21 bits per heavy atom. The van der Waals surface area contributed by atoms with Gasteiger partial charge in [0.2, 0.25) is 0 Å². The van der Waals surface area contributed by atoms with Crippen molar-refractivity contribution in [3.8, 4) is 5.75 Å². The Morgan fingerprint density at radius 1 is 1.42 bits per heavy atom. The molecule has 0 N–H and O–H groups in total. The summed E-state index contributed by atoms with van der Waals surface area (Å²) in [4.78, 5) is 4.11. The van der Waals surface area contributed by atoms with Gasteiger partial charge in [-0.15, -0.1) is 0 Å². The minimum absolute atomic E-state index is 0.0892. The summed E-state index contributed by atoms with van der Waals surface area (Å²) in [6.45, 7) is 3.59. The number of aromatic nitrogens is 2. The number of aryl methyl sites for hydroxylation is 1. The van der Waals surface area contributed by atoms with Gasteiger partial charge in [-0.25, -0.2) is 4.39 Å². The molecular weight excluding hydrogens is 251 g/mol. The Hall–Kier alpha value is -1.95. The first-order chi connectivity index (χ1) is 9.10. The standard InChI is InChI=1S/C13H15FN2O3/c1-8-4-5-10(6-11(8)14)18-7-12-15-13(16-19-12)9(2)17-3/h4-6,9H,7H2,1-3H3/t9-/m1/s1. The van der Waals surface area contributed by atoms with Crippen molar-refractivity contribution >= 4 is 0 Å². The van der Waals surface area contributed by atoms with E-state index in [9.17, 15) is 4.39 Å². The van der Waals surface area contributed by atoms with Crippen LogP contribution in [0.2, 0.25) is 0 Å². The molecule has 0 saturated carbocycles. The van der Waals surface area contributed by atoms with Crippen molar-refractivity contribution in [1.29, 1.82) is 0 Å². The molecule has 0 unspecified atom stereocenters. The zero-order valence-corrected chi connectivity index (χ0v) is 11.0. The summed E-state index contributed by atoms with van der Waals surface area (Å²) in [6.07, 6.45) is -0.241. The highest BCUT2D eigenvalue weighted by molar-refractivity contribution is 5.27. The lowest BCUT2D eigenvalue weighted by atomic mass is 10.2. The van der Waals surface area contributed by atoms with Gasteiger partial charge in [0.15, 0.2) is 12.4 Å². The number of hydrogen-bond acceptors (Lipinski definition) is 5. The molecule has 0 radical (unpaired) electrons. The van der Waals surface area contributed by atoms with E-state index < -0.39 is 0 Å². The van der Waals surface area contributed by atoms with Gasteiger partial charge >= 0.3 is 0 Å². The lowest BCUT2D eigenvalue weighted by molar-refractivity contribution is 0.109. The van der Waals surface area contributed by atoms with Crippen LogP contribution in [0.3, 0.4) is 0 Å². The predicted molar refractivity (Wildman–Crippen MR) is 65.2 cm³/mol. The number of nitrogens with zero attached hydrogens (tertiary/aromatic N) is 2. The van der Waals surface area contributed by atoms with Crippen LogP contribution in [0.4, 0.5) is 4.39 Å². The lowest BCUT2D eigenvalue weighted by Gasteiger charge is -2.04. The zero-order chi connectivity index (χ0) is 13.8. The van der Waals surface area contributed by atoms with Crippen LogP contribution in [0.1, 0.15) is 30.3 Å². The highest BCUT2D eigenvalue weighted by Gasteiger charge is 2.13. The number of methoxy groups -OCH3 is 1. The molecule has 1 aromatic heterocycles. The van der Waals surface area contributed by atoms with Gasteiger partial charge in [0, 0.05) is 13.2 Å². The summed E-state index contributed by atoms with van der Waals surface area (Å²) in [6, 6.07) is 4.66. The molecule has 1 atom stereocenters. The molecule has 0 fully saturated rings. The highest BCUT2D eigenvalue weighted by Crippen LogP contribution is 2.17. The van der Waals surface area contributed by atoms with E-state index in [1.165, 1.54) is 6.07 Å². The first kappa shape index (κ1) is 13.5. The van der Waals surface area contributed by atoms with Gasteiger partial charge in [0.1, 0.15) is 17.7 Å². The number of benzene rings is 1. The van der Waals surface area contributed by atoms with Crippen molar-refractivity contribution in [2.75, 3.05) is 7.11 Å². The Labute approximate surface area is 110 Å². The van der Waals surface area contributed by atoms with Crippen molar-refractivity contribution < 1.29 is 18.4 Å². The van der Waals surface area contributed by atoms with E-state index in [4.69, 9.17) is 14.0 Å². The van der Waals surface area contributed by atoms with E-state index >= 15 is 0 Å². The third-order valence-corrected chi connectivity index (χ3v) is 2.71. The Kier molecular flexibility index (Phi) is 4.11. The SMILES string of the molecule is CO[C@H](C)c1noc(COc2ccc(C)c(F)c2)n1.